The first-order chi connectivity index (χ1) is 13.1. The van der Waals surface area contributed by atoms with Crippen molar-refractivity contribution >= 4 is 56.4 Å². The van der Waals surface area contributed by atoms with Crippen LogP contribution in [0.4, 0.5) is 0 Å². The number of thiol groups is 1. The summed E-state index contributed by atoms with van der Waals surface area (Å²) < 4.78 is 6.93. The van der Waals surface area contributed by atoms with Gasteiger partial charge in [0.1, 0.15) is 17.5 Å². The lowest BCUT2D eigenvalue weighted by atomic mass is 10.0. The predicted molar refractivity (Wildman–Crippen MR) is 117 cm³/mol. The van der Waals surface area contributed by atoms with Gasteiger partial charge in [0, 0.05) is 16.9 Å². The molecule has 1 amide bonds. The fourth-order valence-electron chi connectivity index (χ4n) is 2.39. The number of benzene rings is 2. The Morgan fingerprint density at radius 2 is 1.79 bits per heavy atom. The van der Waals surface area contributed by atoms with Crippen LogP contribution in [0.5, 0.6) is 17.2 Å². The smallest absolute Gasteiger partial charge is 0.327 e. The van der Waals surface area contributed by atoms with Gasteiger partial charge in [0.05, 0.1) is 8.95 Å². The van der Waals surface area contributed by atoms with Crippen LogP contribution in [0.15, 0.2) is 39.3 Å². The van der Waals surface area contributed by atoms with E-state index >= 15 is 0 Å². The lowest BCUT2D eigenvalue weighted by molar-refractivity contribution is -0.138. The molecular formula is C19H19Br2NO5S. The number of carbonyl (C=O) groups excluding carboxylic acids is 1. The van der Waals surface area contributed by atoms with Crippen molar-refractivity contribution < 1.29 is 24.5 Å². The van der Waals surface area contributed by atoms with E-state index in [1.807, 2.05) is 13.8 Å². The van der Waals surface area contributed by atoms with E-state index in [1.54, 1.807) is 18.2 Å². The maximum Gasteiger partial charge on any atom is 0.327 e. The average molecular weight is 533 g/mol. The number of nitrogens with one attached hydrogen (secondary N) is 1. The van der Waals surface area contributed by atoms with Crippen molar-refractivity contribution in [2.45, 2.75) is 25.8 Å². The molecule has 0 unspecified atom stereocenters. The highest BCUT2D eigenvalue weighted by atomic mass is 79.9. The van der Waals surface area contributed by atoms with Crippen molar-refractivity contribution in [3.05, 3.63) is 50.4 Å². The average Bonchev–Trinajstić information content (AvgIpc) is 2.62. The van der Waals surface area contributed by atoms with Crippen LogP contribution in [0.1, 0.15) is 35.7 Å². The second-order valence-electron chi connectivity index (χ2n) is 6.29. The number of phenolic OH excluding ortho intramolecular Hbond substituents is 1. The van der Waals surface area contributed by atoms with E-state index < -0.39 is 17.9 Å². The van der Waals surface area contributed by atoms with Gasteiger partial charge >= 0.3 is 5.97 Å². The van der Waals surface area contributed by atoms with Gasteiger partial charge in [-0.15, -0.1) is 0 Å². The van der Waals surface area contributed by atoms with Gasteiger partial charge in [0.25, 0.3) is 5.91 Å². The Morgan fingerprint density at radius 1 is 1.18 bits per heavy atom. The number of carbonyl (C=O) groups is 2. The van der Waals surface area contributed by atoms with E-state index in [-0.39, 0.29) is 23.0 Å². The predicted octanol–water partition coefficient (Wildman–Crippen LogP) is 4.95. The highest BCUT2D eigenvalue weighted by Crippen LogP contribution is 2.39. The number of aromatic hydroxyl groups is 1. The van der Waals surface area contributed by atoms with Gasteiger partial charge in [-0.25, -0.2) is 4.79 Å². The second-order valence-corrected chi connectivity index (χ2v) is 8.37. The van der Waals surface area contributed by atoms with Gasteiger partial charge < -0.3 is 20.3 Å². The fraction of sp³-hybridized carbons (Fsp3) is 0.263. The van der Waals surface area contributed by atoms with Gasteiger partial charge in [-0.05, 0) is 68.1 Å². The number of amides is 1. The summed E-state index contributed by atoms with van der Waals surface area (Å²) in [4.78, 5) is 23.4. The zero-order valence-electron chi connectivity index (χ0n) is 15.1. The first-order valence-corrected chi connectivity index (χ1v) is 10.5. The number of carboxylic acid groups (broad SMARTS) is 1. The van der Waals surface area contributed by atoms with E-state index in [0.29, 0.717) is 20.4 Å². The second kappa shape index (κ2) is 9.67. The monoisotopic (exact) mass is 531 g/mol. The van der Waals surface area contributed by atoms with Crippen molar-refractivity contribution in [1.29, 1.82) is 0 Å². The maximum atomic E-state index is 12.3. The molecule has 0 saturated carbocycles. The summed E-state index contributed by atoms with van der Waals surface area (Å²) in [6.45, 7) is 3.93. The Bertz CT molecular complexity index is 881. The van der Waals surface area contributed by atoms with Crippen LogP contribution in [0, 0.1) is 0 Å². The fourth-order valence-corrected chi connectivity index (χ4v) is 3.99. The molecule has 0 aromatic heterocycles. The molecule has 0 spiro atoms. The van der Waals surface area contributed by atoms with Crippen LogP contribution in [-0.4, -0.2) is 33.9 Å². The minimum absolute atomic E-state index is 0.0242. The van der Waals surface area contributed by atoms with Crippen LogP contribution in [0.3, 0.4) is 0 Å². The summed E-state index contributed by atoms with van der Waals surface area (Å²) in [6, 6.07) is 6.95. The zero-order valence-corrected chi connectivity index (χ0v) is 19.1. The summed E-state index contributed by atoms with van der Waals surface area (Å²) >= 11 is 10.7. The van der Waals surface area contributed by atoms with Crippen LogP contribution in [-0.2, 0) is 4.79 Å². The molecule has 1 atom stereocenters. The summed E-state index contributed by atoms with van der Waals surface area (Å²) in [6.07, 6.45) is 0. The molecule has 3 N–H and O–H groups in total. The zero-order chi connectivity index (χ0) is 21.0. The maximum absolute atomic E-state index is 12.3. The van der Waals surface area contributed by atoms with E-state index in [2.05, 4.69) is 49.8 Å². The lowest BCUT2D eigenvalue weighted by Gasteiger charge is -2.15. The molecule has 2 aromatic carbocycles. The Labute approximate surface area is 185 Å². The molecule has 0 aliphatic carbocycles. The number of aliphatic carboxylic acids is 1. The summed E-state index contributed by atoms with van der Waals surface area (Å²) in [5, 5.41) is 21.4. The number of hydrogen-bond donors (Lipinski definition) is 4. The number of carboxylic acids is 1. The van der Waals surface area contributed by atoms with Gasteiger partial charge in [-0.2, -0.15) is 12.6 Å². The van der Waals surface area contributed by atoms with Crippen LogP contribution >= 0.6 is 44.5 Å². The molecular weight excluding hydrogens is 514 g/mol. The van der Waals surface area contributed by atoms with E-state index in [4.69, 9.17) is 9.84 Å². The molecule has 0 saturated heterocycles. The third-order valence-corrected chi connectivity index (χ3v) is 5.43. The minimum Gasteiger partial charge on any atom is -0.508 e. The third-order valence-electron chi connectivity index (χ3n) is 3.89. The summed E-state index contributed by atoms with van der Waals surface area (Å²) in [5.74, 6) is -0.429. The first-order valence-electron chi connectivity index (χ1n) is 8.28. The van der Waals surface area contributed by atoms with Crippen LogP contribution in [0.25, 0.3) is 0 Å². The molecule has 0 bridgehead atoms. The molecule has 2 aromatic rings. The summed E-state index contributed by atoms with van der Waals surface area (Å²) in [7, 11) is 0. The molecule has 150 valence electrons. The number of rotatable bonds is 7. The number of halogens is 2. The number of phenols is 1. The molecule has 0 fully saturated rings. The van der Waals surface area contributed by atoms with Gasteiger partial charge in [0.15, 0.2) is 5.75 Å². The number of ether oxygens (including phenoxy) is 1. The van der Waals surface area contributed by atoms with Crippen molar-refractivity contribution in [1.82, 2.24) is 5.32 Å². The molecule has 0 heterocycles. The summed E-state index contributed by atoms with van der Waals surface area (Å²) in [5.41, 5.74) is 1.01. The molecule has 6 nitrogen and oxygen atoms in total. The largest absolute Gasteiger partial charge is 0.508 e. The van der Waals surface area contributed by atoms with Crippen molar-refractivity contribution in [2.75, 3.05) is 5.75 Å². The van der Waals surface area contributed by atoms with Crippen LogP contribution in [0.2, 0.25) is 0 Å². The molecule has 2 rings (SSSR count). The Hall–Kier alpha value is -1.71. The molecule has 0 radical (unpaired) electrons. The quantitative estimate of drug-likeness (QED) is 0.378. The standard InChI is InChI=1S/C19H19Br2NO5S/c1-9(2)12-7-11(3-4-16(12)23)27-17-13(20)5-10(6-14(17)21)18(24)22-15(8-28)19(25)26/h3-7,9,15,23,28H,8H2,1-2H3,(H,22,24)(H,25,26)/t15-/m0/s1. The van der Waals surface area contributed by atoms with E-state index in [0.717, 1.165) is 5.56 Å². The Kier molecular flexibility index (Phi) is 7.79. The van der Waals surface area contributed by atoms with Gasteiger partial charge in [-0.1, -0.05) is 13.8 Å². The lowest BCUT2D eigenvalue weighted by Crippen LogP contribution is -2.42. The van der Waals surface area contributed by atoms with Gasteiger partial charge in [-0.3, -0.25) is 4.79 Å². The molecule has 0 aliphatic heterocycles. The number of hydrogen-bond acceptors (Lipinski definition) is 5. The molecule has 0 aliphatic rings. The van der Waals surface area contributed by atoms with E-state index in [9.17, 15) is 14.7 Å². The van der Waals surface area contributed by atoms with E-state index in [1.165, 1.54) is 12.1 Å². The topological polar surface area (TPSA) is 95.9 Å². The highest BCUT2D eigenvalue weighted by Gasteiger charge is 2.21. The van der Waals surface area contributed by atoms with Gasteiger partial charge in [0.2, 0.25) is 0 Å². The Morgan fingerprint density at radius 3 is 2.29 bits per heavy atom. The molecule has 9 heteroatoms. The van der Waals surface area contributed by atoms with Crippen LogP contribution < -0.4 is 10.1 Å². The third kappa shape index (κ3) is 5.42. The van der Waals surface area contributed by atoms with Crippen molar-refractivity contribution in [3.8, 4) is 17.2 Å². The van der Waals surface area contributed by atoms with Crippen molar-refractivity contribution in [2.24, 2.45) is 0 Å². The highest BCUT2D eigenvalue weighted by molar-refractivity contribution is 9.11. The SMILES string of the molecule is CC(C)c1cc(Oc2c(Br)cc(C(=O)N[C@@H](CS)C(=O)O)cc2Br)ccc1O. The van der Waals surface area contributed by atoms with Crippen molar-refractivity contribution in [3.63, 3.8) is 0 Å². The first kappa shape index (κ1) is 22.6. The minimum atomic E-state index is -1.16. The Balaban J connectivity index is 2.28. The normalized spacial score (nSPS) is 11.9. The molecule has 28 heavy (non-hydrogen) atoms.